The highest BCUT2D eigenvalue weighted by atomic mass is 79.9. The number of sulfone groups is 1. The van der Waals surface area contributed by atoms with Gasteiger partial charge in [0.1, 0.15) is 21.3 Å². The van der Waals surface area contributed by atoms with Crippen molar-refractivity contribution in [2.24, 2.45) is 0 Å². The molecule has 0 saturated carbocycles. The van der Waals surface area contributed by atoms with E-state index in [1.165, 1.54) is 12.1 Å². The average Bonchev–Trinajstić information content (AvgIpc) is 2.55. The van der Waals surface area contributed by atoms with Crippen LogP contribution >= 0.6 is 15.9 Å². The molecule has 1 aliphatic rings. The Morgan fingerprint density at radius 3 is 2.46 bits per heavy atom. The summed E-state index contributed by atoms with van der Waals surface area (Å²) in [5.74, 6) is -0.411. The third-order valence-electron chi connectivity index (χ3n) is 3.81. The molecule has 2 aromatic rings. The standard InChI is InChI=1S/C17H15BrO5S/c1-3-22-17(19)10(2)11-4-6-13-15(8-11)24(20,21)16-9-12(18)5-7-14(16)23-13/h4-10H,3H2,1-2H3. The lowest BCUT2D eigenvalue weighted by Crippen LogP contribution is -2.15. The van der Waals surface area contributed by atoms with Gasteiger partial charge in [0.25, 0.3) is 0 Å². The second-order valence-electron chi connectivity index (χ2n) is 5.38. The van der Waals surface area contributed by atoms with E-state index in [1.807, 2.05) is 0 Å². The van der Waals surface area contributed by atoms with Gasteiger partial charge in [-0.15, -0.1) is 0 Å². The zero-order chi connectivity index (χ0) is 17.5. The minimum absolute atomic E-state index is 0.0572. The fraction of sp³-hybridized carbons (Fsp3) is 0.235. The largest absolute Gasteiger partial charge is 0.466 e. The highest BCUT2D eigenvalue weighted by Crippen LogP contribution is 2.44. The topological polar surface area (TPSA) is 69.7 Å². The molecule has 3 rings (SSSR count). The zero-order valence-corrected chi connectivity index (χ0v) is 15.5. The van der Waals surface area contributed by atoms with Crippen molar-refractivity contribution in [2.45, 2.75) is 29.6 Å². The van der Waals surface area contributed by atoms with Crippen molar-refractivity contribution >= 4 is 31.7 Å². The maximum Gasteiger partial charge on any atom is 0.313 e. The lowest BCUT2D eigenvalue weighted by atomic mass is 10.0. The lowest BCUT2D eigenvalue weighted by molar-refractivity contribution is -0.144. The summed E-state index contributed by atoms with van der Waals surface area (Å²) in [7, 11) is -3.72. The first kappa shape index (κ1) is 17.0. The molecule has 0 spiro atoms. The first-order valence-corrected chi connectivity index (χ1v) is 9.65. The van der Waals surface area contributed by atoms with E-state index in [4.69, 9.17) is 9.47 Å². The zero-order valence-electron chi connectivity index (χ0n) is 13.1. The molecule has 1 unspecified atom stereocenters. The third-order valence-corrected chi connectivity index (χ3v) is 6.10. The Balaban J connectivity index is 2.09. The Bertz CT molecular complexity index is 921. The fourth-order valence-corrected chi connectivity index (χ4v) is 4.58. The van der Waals surface area contributed by atoms with Crippen LogP contribution in [0.25, 0.3) is 0 Å². The van der Waals surface area contributed by atoms with Crippen molar-refractivity contribution < 1.29 is 22.7 Å². The Hall–Kier alpha value is -1.86. The number of fused-ring (bicyclic) bond motifs is 2. The number of benzene rings is 2. The summed E-state index contributed by atoms with van der Waals surface area (Å²) in [6.45, 7) is 3.68. The lowest BCUT2D eigenvalue weighted by Gasteiger charge is -2.22. The van der Waals surface area contributed by atoms with Gasteiger partial charge in [-0.1, -0.05) is 22.0 Å². The van der Waals surface area contributed by atoms with Gasteiger partial charge in [-0.2, -0.15) is 0 Å². The molecule has 0 amide bonds. The number of carbonyl (C=O) groups is 1. The van der Waals surface area contributed by atoms with Gasteiger partial charge in [-0.25, -0.2) is 8.42 Å². The summed E-state index contributed by atoms with van der Waals surface area (Å²) in [6.07, 6.45) is 0. The molecular weight excluding hydrogens is 396 g/mol. The van der Waals surface area contributed by atoms with Crippen molar-refractivity contribution in [3.8, 4) is 11.5 Å². The SMILES string of the molecule is CCOC(=O)C(C)c1ccc2c(c1)S(=O)(=O)c1cc(Br)ccc1O2. The molecule has 1 aliphatic heterocycles. The molecule has 0 bridgehead atoms. The van der Waals surface area contributed by atoms with Gasteiger partial charge in [0.05, 0.1) is 12.5 Å². The Morgan fingerprint density at radius 1 is 1.17 bits per heavy atom. The molecule has 0 radical (unpaired) electrons. The normalized spacial score (nSPS) is 15.6. The monoisotopic (exact) mass is 410 g/mol. The summed E-state index contributed by atoms with van der Waals surface area (Å²) in [5, 5.41) is 0. The van der Waals surface area contributed by atoms with Crippen LogP contribution in [0.15, 0.2) is 50.7 Å². The molecule has 0 fully saturated rings. The smallest absolute Gasteiger partial charge is 0.313 e. The van der Waals surface area contributed by atoms with Gasteiger partial charge in [-0.05, 0) is 49.7 Å². The molecule has 0 aliphatic carbocycles. The van der Waals surface area contributed by atoms with Crippen molar-refractivity contribution in [2.75, 3.05) is 6.61 Å². The van der Waals surface area contributed by atoms with Crippen LogP contribution in [-0.4, -0.2) is 21.0 Å². The second kappa shape index (κ2) is 6.22. The molecule has 24 heavy (non-hydrogen) atoms. The van der Waals surface area contributed by atoms with Crippen LogP contribution in [0.4, 0.5) is 0 Å². The van der Waals surface area contributed by atoms with Crippen LogP contribution in [-0.2, 0) is 19.4 Å². The summed E-state index contributed by atoms with van der Waals surface area (Å²) < 4.78 is 37.1. The number of hydrogen-bond donors (Lipinski definition) is 0. The number of carbonyl (C=O) groups excluding carboxylic acids is 1. The molecule has 5 nitrogen and oxygen atoms in total. The molecule has 126 valence electrons. The number of ether oxygens (including phenoxy) is 2. The average molecular weight is 411 g/mol. The van der Waals surface area contributed by atoms with Gasteiger partial charge in [-0.3, -0.25) is 4.79 Å². The molecule has 1 atom stereocenters. The van der Waals surface area contributed by atoms with E-state index in [-0.39, 0.29) is 27.9 Å². The third kappa shape index (κ3) is 2.82. The predicted molar refractivity (Wildman–Crippen MR) is 91.2 cm³/mol. The molecule has 0 aromatic heterocycles. The summed E-state index contributed by atoms with van der Waals surface area (Å²) in [6, 6.07) is 9.57. The van der Waals surface area contributed by atoms with Gasteiger partial charge in [0.15, 0.2) is 0 Å². The highest BCUT2D eigenvalue weighted by molar-refractivity contribution is 9.10. The van der Waals surface area contributed by atoms with E-state index < -0.39 is 21.7 Å². The second-order valence-corrected chi connectivity index (χ2v) is 8.18. The van der Waals surface area contributed by atoms with Crippen LogP contribution in [0.3, 0.4) is 0 Å². The van der Waals surface area contributed by atoms with Crippen molar-refractivity contribution in [3.05, 3.63) is 46.4 Å². The summed E-state index contributed by atoms with van der Waals surface area (Å²) >= 11 is 3.27. The Labute approximate surface area is 148 Å². The van der Waals surface area contributed by atoms with Crippen LogP contribution in [0.5, 0.6) is 11.5 Å². The van der Waals surface area contributed by atoms with Gasteiger partial charge in [0.2, 0.25) is 9.84 Å². The Kier molecular flexibility index (Phi) is 4.40. The predicted octanol–water partition coefficient (Wildman–Crippen LogP) is 4.05. The van der Waals surface area contributed by atoms with Crippen LogP contribution < -0.4 is 4.74 Å². The van der Waals surface area contributed by atoms with Crippen LogP contribution in [0, 0.1) is 0 Å². The van der Waals surface area contributed by atoms with Crippen molar-refractivity contribution in [3.63, 3.8) is 0 Å². The maximum absolute atomic E-state index is 12.9. The van der Waals surface area contributed by atoms with E-state index in [2.05, 4.69) is 15.9 Å². The van der Waals surface area contributed by atoms with E-state index in [0.717, 1.165) is 0 Å². The Morgan fingerprint density at radius 2 is 1.79 bits per heavy atom. The van der Waals surface area contributed by atoms with E-state index in [9.17, 15) is 13.2 Å². The first-order valence-electron chi connectivity index (χ1n) is 7.37. The van der Waals surface area contributed by atoms with E-state index in [1.54, 1.807) is 38.1 Å². The minimum atomic E-state index is -3.72. The quantitative estimate of drug-likeness (QED) is 0.609. The first-order chi connectivity index (χ1) is 11.3. The summed E-state index contributed by atoms with van der Waals surface area (Å²) in [4.78, 5) is 12.1. The van der Waals surface area contributed by atoms with Gasteiger partial charge in [0, 0.05) is 4.47 Å². The van der Waals surface area contributed by atoms with Crippen molar-refractivity contribution in [1.29, 1.82) is 0 Å². The minimum Gasteiger partial charge on any atom is -0.466 e. The number of esters is 1. The number of hydrogen-bond acceptors (Lipinski definition) is 5. The van der Waals surface area contributed by atoms with Crippen molar-refractivity contribution in [1.82, 2.24) is 0 Å². The summed E-state index contributed by atoms with van der Waals surface area (Å²) in [5.41, 5.74) is 0.567. The molecule has 7 heteroatoms. The number of halogens is 1. The van der Waals surface area contributed by atoms with E-state index in [0.29, 0.717) is 10.0 Å². The molecule has 0 N–H and O–H groups in total. The number of rotatable bonds is 3. The van der Waals surface area contributed by atoms with Crippen LogP contribution in [0.1, 0.15) is 25.3 Å². The van der Waals surface area contributed by atoms with Gasteiger partial charge >= 0.3 is 5.97 Å². The molecular formula is C17H15BrO5S. The molecule has 2 aromatic carbocycles. The highest BCUT2D eigenvalue weighted by Gasteiger charge is 2.32. The maximum atomic E-state index is 12.9. The van der Waals surface area contributed by atoms with Crippen LogP contribution in [0.2, 0.25) is 0 Å². The van der Waals surface area contributed by atoms with Gasteiger partial charge < -0.3 is 9.47 Å². The molecule has 1 heterocycles. The fourth-order valence-electron chi connectivity index (χ4n) is 2.50. The molecule has 0 saturated heterocycles. The van der Waals surface area contributed by atoms with E-state index >= 15 is 0 Å².